The molecule has 0 amide bonds. The maximum absolute atomic E-state index is 12.9. The maximum atomic E-state index is 12.9. The quantitative estimate of drug-likeness (QED) is 0.669. The van der Waals surface area contributed by atoms with Gasteiger partial charge in [0.2, 0.25) is 0 Å². The summed E-state index contributed by atoms with van der Waals surface area (Å²) in [7, 11) is 0. The number of aromatic nitrogens is 2. The van der Waals surface area contributed by atoms with Crippen LogP contribution in [0.1, 0.15) is 53.1 Å². The number of fused-ring (bicyclic) bond motifs is 5. The number of alkyl halides is 3. The second-order valence-electron chi connectivity index (χ2n) is 8.37. The van der Waals surface area contributed by atoms with E-state index in [1.165, 1.54) is 29.8 Å². The zero-order valence-corrected chi connectivity index (χ0v) is 16.8. The molecule has 3 aromatic rings. The van der Waals surface area contributed by atoms with E-state index >= 15 is 0 Å². The molecular weight excluding hydrogens is 391 g/mol. The summed E-state index contributed by atoms with van der Waals surface area (Å²) in [5, 5.41) is 10.9. The Kier molecular flexibility index (Phi) is 4.63. The molecule has 1 aromatic carbocycles. The summed E-state index contributed by atoms with van der Waals surface area (Å²) >= 11 is 0. The molecule has 2 aliphatic heterocycles. The molecule has 4 nitrogen and oxygen atoms in total. The minimum atomic E-state index is -4.38. The van der Waals surface area contributed by atoms with E-state index in [2.05, 4.69) is 15.5 Å². The lowest BCUT2D eigenvalue weighted by Crippen LogP contribution is -2.31. The van der Waals surface area contributed by atoms with Gasteiger partial charge in [0.1, 0.15) is 0 Å². The summed E-state index contributed by atoms with van der Waals surface area (Å²) < 4.78 is 40.7. The van der Waals surface area contributed by atoms with Gasteiger partial charge in [0.05, 0.1) is 29.2 Å². The van der Waals surface area contributed by atoms with E-state index in [0.717, 1.165) is 54.8 Å². The molecule has 30 heavy (non-hydrogen) atoms. The van der Waals surface area contributed by atoms with Crippen LogP contribution < -0.4 is 0 Å². The molecule has 4 heterocycles. The van der Waals surface area contributed by atoms with Crippen LogP contribution in [0.5, 0.6) is 0 Å². The number of halogens is 3. The van der Waals surface area contributed by atoms with Gasteiger partial charge in [-0.2, -0.15) is 13.2 Å². The fourth-order valence-corrected chi connectivity index (χ4v) is 5.06. The lowest BCUT2D eigenvalue weighted by molar-refractivity contribution is -0.137. The van der Waals surface area contributed by atoms with Crippen molar-refractivity contribution in [1.82, 2.24) is 14.5 Å². The molecule has 2 aliphatic rings. The summed E-state index contributed by atoms with van der Waals surface area (Å²) in [4.78, 5) is 7.35. The van der Waals surface area contributed by atoms with Gasteiger partial charge in [-0.15, -0.1) is 0 Å². The average Bonchev–Trinajstić information content (AvgIpc) is 3.30. The van der Waals surface area contributed by atoms with E-state index in [1.807, 2.05) is 13.0 Å². The van der Waals surface area contributed by atoms with Crippen molar-refractivity contribution >= 4 is 11.0 Å². The van der Waals surface area contributed by atoms with Gasteiger partial charge in [-0.05, 0) is 56.1 Å². The predicted octanol–water partition coefficient (Wildman–Crippen LogP) is 4.79. The number of hydrogen-bond acceptors (Lipinski definition) is 3. The highest BCUT2D eigenvalue weighted by Crippen LogP contribution is 2.43. The molecule has 2 aromatic heterocycles. The number of aryl methyl sites for hydroxylation is 1. The number of aliphatic hydroxyl groups excluding tert-OH is 1. The standard InChI is InChI=1S/C23H24F3N3O/c1-14-4-9-19-22(27-14)21-17-3-2-11-28(17)12-10-18(21)29(19)13-20(30)15-5-7-16(8-6-15)23(24,25)26/h4-9,17,20,30H,2-3,10-13H2,1H3. The SMILES string of the molecule is Cc1ccc2c(n1)c1c(n2CC(O)c2ccc(C(F)(F)F)cc2)CCN2CCCC12. The highest BCUT2D eigenvalue weighted by Gasteiger charge is 2.36. The van der Waals surface area contributed by atoms with Crippen LogP contribution >= 0.6 is 0 Å². The molecule has 0 spiro atoms. The Balaban J connectivity index is 1.53. The number of hydrogen-bond donors (Lipinski definition) is 1. The number of rotatable bonds is 3. The summed E-state index contributed by atoms with van der Waals surface area (Å²) in [6, 6.07) is 9.19. The largest absolute Gasteiger partial charge is 0.416 e. The van der Waals surface area contributed by atoms with E-state index < -0.39 is 17.8 Å². The van der Waals surface area contributed by atoms with Crippen LogP contribution in [0.3, 0.4) is 0 Å². The van der Waals surface area contributed by atoms with Crippen LogP contribution in [0.4, 0.5) is 13.2 Å². The maximum Gasteiger partial charge on any atom is 0.416 e. The predicted molar refractivity (Wildman–Crippen MR) is 108 cm³/mol. The Labute approximate surface area is 172 Å². The van der Waals surface area contributed by atoms with E-state index in [9.17, 15) is 18.3 Å². The minimum Gasteiger partial charge on any atom is -0.387 e. The molecule has 2 atom stereocenters. The highest BCUT2D eigenvalue weighted by molar-refractivity contribution is 5.83. The molecule has 158 valence electrons. The van der Waals surface area contributed by atoms with Crippen molar-refractivity contribution in [3.63, 3.8) is 0 Å². The van der Waals surface area contributed by atoms with Gasteiger partial charge in [-0.3, -0.25) is 9.88 Å². The minimum absolute atomic E-state index is 0.300. The smallest absolute Gasteiger partial charge is 0.387 e. The van der Waals surface area contributed by atoms with Crippen molar-refractivity contribution in [2.75, 3.05) is 13.1 Å². The van der Waals surface area contributed by atoms with Crippen LogP contribution in [0, 0.1) is 6.92 Å². The summed E-state index contributed by atoms with van der Waals surface area (Å²) in [5.41, 5.74) is 5.21. The zero-order chi connectivity index (χ0) is 21.0. The van der Waals surface area contributed by atoms with Crippen LogP contribution in [0.25, 0.3) is 11.0 Å². The van der Waals surface area contributed by atoms with Crippen LogP contribution in [0.2, 0.25) is 0 Å². The van der Waals surface area contributed by atoms with Crippen molar-refractivity contribution < 1.29 is 18.3 Å². The molecule has 7 heteroatoms. The Bertz CT molecular complexity index is 1090. The topological polar surface area (TPSA) is 41.3 Å². The first-order valence-corrected chi connectivity index (χ1v) is 10.4. The number of pyridine rings is 1. The fourth-order valence-electron chi connectivity index (χ4n) is 5.06. The average molecular weight is 415 g/mol. The van der Waals surface area contributed by atoms with Crippen molar-refractivity contribution in [3.8, 4) is 0 Å². The highest BCUT2D eigenvalue weighted by atomic mass is 19.4. The number of nitrogens with zero attached hydrogens (tertiary/aromatic N) is 3. The molecule has 0 radical (unpaired) electrons. The van der Waals surface area contributed by atoms with Gasteiger partial charge in [0, 0.05) is 36.0 Å². The second kappa shape index (κ2) is 7.10. The van der Waals surface area contributed by atoms with E-state index in [-0.39, 0.29) is 0 Å². The van der Waals surface area contributed by atoms with Gasteiger partial charge in [-0.25, -0.2) is 0 Å². The summed E-state index contributed by atoms with van der Waals surface area (Å²) in [6.45, 7) is 4.38. The van der Waals surface area contributed by atoms with E-state index in [4.69, 9.17) is 4.98 Å². The van der Waals surface area contributed by atoms with Gasteiger partial charge in [0.15, 0.2) is 0 Å². The van der Waals surface area contributed by atoms with Crippen molar-refractivity contribution in [1.29, 1.82) is 0 Å². The van der Waals surface area contributed by atoms with Crippen LogP contribution in [-0.2, 0) is 19.1 Å². The Morgan fingerprint density at radius 1 is 1.13 bits per heavy atom. The third-order valence-electron chi connectivity index (χ3n) is 6.51. The van der Waals surface area contributed by atoms with Crippen molar-refractivity contribution in [3.05, 3.63) is 64.5 Å². The summed E-state index contributed by atoms with van der Waals surface area (Å²) in [6.07, 6.45) is -2.09. The van der Waals surface area contributed by atoms with Crippen molar-refractivity contribution in [2.45, 2.75) is 51.1 Å². The third kappa shape index (κ3) is 3.20. The number of benzene rings is 1. The second-order valence-corrected chi connectivity index (χ2v) is 8.37. The molecule has 1 fully saturated rings. The molecule has 1 saturated heterocycles. The van der Waals surface area contributed by atoms with Crippen molar-refractivity contribution in [2.24, 2.45) is 0 Å². The summed E-state index contributed by atoms with van der Waals surface area (Å²) in [5.74, 6) is 0. The van der Waals surface area contributed by atoms with Gasteiger partial charge < -0.3 is 9.67 Å². The van der Waals surface area contributed by atoms with Gasteiger partial charge in [-0.1, -0.05) is 12.1 Å². The Morgan fingerprint density at radius 3 is 2.63 bits per heavy atom. The zero-order valence-electron chi connectivity index (χ0n) is 16.8. The lowest BCUT2D eigenvalue weighted by atomic mass is 9.98. The van der Waals surface area contributed by atoms with Gasteiger partial charge in [0.25, 0.3) is 0 Å². The third-order valence-corrected chi connectivity index (χ3v) is 6.51. The number of aliphatic hydroxyl groups is 1. The Morgan fingerprint density at radius 2 is 1.90 bits per heavy atom. The molecule has 5 rings (SSSR count). The van der Waals surface area contributed by atoms with Crippen LogP contribution in [-0.4, -0.2) is 32.6 Å². The fraction of sp³-hybridized carbons (Fsp3) is 0.435. The van der Waals surface area contributed by atoms with Gasteiger partial charge >= 0.3 is 6.18 Å². The monoisotopic (exact) mass is 415 g/mol. The molecule has 0 aliphatic carbocycles. The molecule has 0 bridgehead atoms. The molecule has 1 N–H and O–H groups in total. The first-order valence-electron chi connectivity index (χ1n) is 10.4. The normalized spacial score (nSPS) is 20.4. The van der Waals surface area contributed by atoms with E-state index in [0.29, 0.717) is 18.2 Å². The lowest BCUT2D eigenvalue weighted by Gasteiger charge is -2.31. The van der Waals surface area contributed by atoms with E-state index in [1.54, 1.807) is 0 Å². The molecular formula is C23H24F3N3O. The van der Waals surface area contributed by atoms with Crippen LogP contribution in [0.15, 0.2) is 36.4 Å². The Hall–Kier alpha value is -2.38. The molecule has 2 unspecified atom stereocenters. The molecule has 0 saturated carbocycles. The first kappa shape index (κ1) is 19.6. The first-order chi connectivity index (χ1) is 14.3.